The molecule has 0 amide bonds. The molecule has 5 heteroatoms. The van der Waals surface area contributed by atoms with Crippen LogP contribution in [0, 0.1) is 5.92 Å². The van der Waals surface area contributed by atoms with Crippen LogP contribution in [-0.4, -0.2) is 61.9 Å². The van der Waals surface area contributed by atoms with Crippen molar-refractivity contribution in [3.05, 3.63) is 0 Å². The van der Waals surface area contributed by atoms with Crippen molar-refractivity contribution < 1.29 is 14.6 Å². The van der Waals surface area contributed by atoms with Crippen LogP contribution in [0.15, 0.2) is 0 Å². The maximum Gasteiger partial charge on any atom is 0.305 e. The van der Waals surface area contributed by atoms with E-state index in [4.69, 9.17) is 9.84 Å². The Hall–Kier alpha value is -0.650. The first-order valence-electron chi connectivity index (χ1n) is 6.33. The summed E-state index contributed by atoms with van der Waals surface area (Å²) in [6.07, 6.45) is 1.48. The molecule has 1 aliphatic heterocycles. The van der Waals surface area contributed by atoms with E-state index in [0.29, 0.717) is 24.9 Å². The SMILES string of the molecule is CCNC1CC(CC(=O)OC)CN(CCO)C1. The third kappa shape index (κ3) is 5.02. The lowest BCUT2D eigenvalue weighted by Crippen LogP contribution is -2.50. The van der Waals surface area contributed by atoms with Gasteiger partial charge in [-0.15, -0.1) is 0 Å². The van der Waals surface area contributed by atoms with E-state index in [1.807, 2.05) is 0 Å². The lowest BCUT2D eigenvalue weighted by molar-refractivity contribution is -0.142. The molecule has 2 unspecified atom stereocenters. The first-order chi connectivity index (χ1) is 8.19. The minimum Gasteiger partial charge on any atom is -0.469 e. The van der Waals surface area contributed by atoms with Crippen LogP contribution < -0.4 is 5.32 Å². The van der Waals surface area contributed by atoms with Gasteiger partial charge in [-0.05, 0) is 18.9 Å². The van der Waals surface area contributed by atoms with E-state index in [9.17, 15) is 4.79 Å². The Morgan fingerprint density at radius 1 is 1.53 bits per heavy atom. The summed E-state index contributed by atoms with van der Waals surface area (Å²) in [4.78, 5) is 13.5. The molecule has 2 N–H and O–H groups in total. The number of esters is 1. The van der Waals surface area contributed by atoms with E-state index in [1.165, 1.54) is 7.11 Å². The molecular formula is C12H24N2O3. The van der Waals surface area contributed by atoms with E-state index in [1.54, 1.807) is 0 Å². The second-order valence-electron chi connectivity index (χ2n) is 4.62. The smallest absolute Gasteiger partial charge is 0.305 e. The summed E-state index contributed by atoms with van der Waals surface area (Å²) in [5.41, 5.74) is 0. The van der Waals surface area contributed by atoms with Gasteiger partial charge in [0.15, 0.2) is 0 Å². The summed E-state index contributed by atoms with van der Waals surface area (Å²) in [6.45, 7) is 5.69. The molecule has 1 aliphatic rings. The summed E-state index contributed by atoms with van der Waals surface area (Å²) in [5.74, 6) is 0.183. The van der Waals surface area contributed by atoms with Crippen molar-refractivity contribution in [2.24, 2.45) is 5.92 Å². The average Bonchev–Trinajstić information content (AvgIpc) is 2.29. The Labute approximate surface area is 103 Å². The number of hydrogen-bond donors (Lipinski definition) is 2. The van der Waals surface area contributed by atoms with Crippen LogP contribution in [0.4, 0.5) is 0 Å². The van der Waals surface area contributed by atoms with Gasteiger partial charge in [0.2, 0.25) is 0 Å². The largest absolute Gasteiger partial charge is 0.469 e. The molecule has 0 aromatic rings. The van der Waals surface area contributed by atoms with E-state index >= 15 is 0 Å². The highest BCUT2D eigenvalue weighted by Crippen LogP contribution is 2.20. The molecule has 17 heavy (non-hydrogen) atoms. The summed E-state index contributed by atoms with van der Waals surface area (Å²) in [5, 5.41) is 12.4. The number of carbonyl (C=O) groups is 1. The topological polar surface area (TPSA) is 61.8 Å². The number of hydrogen-bond acceptors (Lipinski definition) is 5. The first-order valence-corrected chi connectivity index (χ1v) is 6.33. The molecule has 100 valence electrons. The molecule has 0 aromatic heterocycles. The quantitative estimate of drug-likeness (QED) is 0.636. The number of piperidine rings is 1. The number of nitrogens with zero attached hydrogens (tertiary/aromatic N) is 1. The fourth-order valence-electron chi connectivity index (χ4n) is 2.53. The highest BCUT2D eigenvalue weighted by atomic mass is 16.5. The van der Waals surface area contributed by atoms with E-state index < -0.39 is 0 Å². The minimum atomic E-state index is -0.143. The minimum absolute atomic E-state index is 0.143. The Morgan fingerprint density at radius 2 is 2.29 bits per heavy atom. The van der Waals surface area contributed by atoms with Crippen molar-refractivity contribution in [1.82, 2.24) is 10.2 Å². The molecule has 0 spiro atoms. The number of methoxy groups -OCH3 is 1. The van der Waals surface area contributed by atoms with Crippen molar-refractivity contribution >= 4 is 5.97 Å². The van der Waals surface area contributed by atoms with Crippen LogP contribution >= 0.6 is 0 Å². The molecular weight excluding hydrogens is 220 g/mol. The summed E-state index contributed by atoms with van der Waals surface area (Å²) >= 11 is 0. The number of likely N-dealkylation sites (tertiary alicyclic amines) is 1. The van der Waals surface area contributed by atoms with Gasteiger partial charge in [-0.1, -0.05) is 6.92 Å². The molecule has 2 atom stereocenters. The van der Waals surface area contributed by atoms with Crippen molar-refractivity contribution in [3.8, 4) is 0 Å². The number of aliphatic hydroxyl groups is 1. The lowest BCUT2D eigenvalue weighted by Gasteiger charge is -2.37. The number of aliphatic hydroxyl groups excluding tert-OH is 1. The van der Waals surface area contributed by atoms with Gasteiger partial charge in [0.25, 0.3) is 0 Å². The first kappa shape index (κ1) is 14.4. The van der Waals surface area contributed by atoms with Crippen LogP contribution in [0.25, 0.3) is 0 Å². The number of ether oxygens (including phenoxy) is 1. The van der Waals surface area contributed by atoms with Gasteiger partial charge in [-0.25, -0.2) is 0 Å². The summed E-state index contributed by atoms with van der Waals surface area (Å²) in [7, 11) is 1.43. The van der Waals surface area contributed by atoms with Crippen molar-refractivity contribution in [1.29, 1.82) is 0 Å². The Balaban J connectivity index is 2.48. The van der Waals surface area contributed by atoms with Crippen molar-refractivity contribution in [2.75, 3.05) is 39.9 Å². The molecule has 0 bridgehead atoms. The predicted molar refractivity (Wildman–Crippen MR) is 65.7 cm³/mol. The normalized spacial score (nSPS) is 25.8. The van der Waals surface area contributed by atoms with Gasteiger partial charge in [0.1, 0.15) is 0 Å². The fourth-order valence-corrected chi connectivity index (χ4v) is 2.53. The predicted octanol–water partition coefficient (Wildman–Crippen LogP) is -0.158. The lowest BCUT2D eigenvalue weighted by atomic mass is 9.91. The Morgan fingerprint density at radius 3 is 2.88 bits per heavy atom. The van der Waals surface area contributed by atoms with Crippen molar-refractivity contribution in [3.63, 3.8) is 0 Å². The zero-order valence-electron chi connectivity index (χ0n) is 10.8. The van der Waals surface area contributed by atoms with Gasteiger partial charge in [0.05, 0.1) is 13.7 Å². The summed E-state index contributed by atoms with van der Waals surface area (Å²) < 4.78 is 4.72. The van der Waals surface area contributed by atoms with Gasteiger partial charge in [-0.3, -0.25) is 9.69 Å². The second kappa shape index (κ2) is 7.63. The zero-order valence-corrected chi connectivity index (χ0v) is 10.8. The molecule has 0 aromatic carbocycles. The molecule has 1 saturated heterocycles. The second-order valence-corrected chi connectivity index (χ2v) is 4.62. The third-order valence-electron chi connectivity index (χ3n) is 3.20. The maximum atomic E-state index is 11.3. The van der Waals surface area contributed by atoms with E-state index in [-0.39, 0.29) is 12.6 Å². The standard InChI is InChI=1S/C12H24N2O3/c1-3-13-11-6-10(7-12(16)17-2)8-14(9-11)4-5-15/h10-11,13,15H,3-9H2,1-2H3. The van der Waals surface area contributed by atoms with Gasteiger partial charge >= 0.3 is 5.97 Å². The molecule has 1 fully saturated rings. The number of nitrogens with one attached hydrogen (secondary N) is 1. The van der Waals surface area contributed by atoms with Crippen LogP contribution in [0.2, 0.25) is 0 Å². The highest BCUT2D eigenvalue weighted by molar-refractivity contribution is 5.69. The summed E-state index contributed by atoms with van der Waals surface area (Å²) in [6, 6.07) is 0.412. The molecule has 0 aliphatic carbocycles. The van der Waals surface area contributed by atoms with Crippen LogP contribution in [-0.2, 0) is 9.53 Å². The number of carbonyl (C=O) groups excluding carboxylic acids is 1. The van der Waals surface area contributed by atoms with E-state index in [0.717, 1.165) is 26.1 Å². The van der Waals surface area contributed by atoms with Gasteiger partial charge in [0, 0.05) is 32.1 Å². The number of β-amino-alcohol motifs (C(OH)–C–C–N with tert-alkyl or cyclic N) is 1. The molecule has 1 heterocycles. The zero-order chi connectivity index (χ0) is 12.7. The monoisotopic (exact) mass is 244 g/mol. The Kier molecular flexibility index (Phi) is 6.47. The Bertz CT molecular complexity index is 222. The molecule has 5 nitrogen and oxygen atoms in total. The van der Waals surface area contributed by atoms with Crippen LogP contribution in [0.3, 0.4) is 0 Å². The molecule has 0 saturated carbocycles. The molecule has 0 radical (unpaired) electrons. The van der Waals surface area contributed by atoms with E-state index in [2.05, 4.69) is 17.1 Å². The third-order valence-corrected chi connectivity index (χ3v) is 3.20. The van der Waals surface area contributed by atoms with Crippen molar-refractivity contribution in [2.45, 2.75) is 25.8 Å². The van der Waals surface area contributed by atoms with Gasteiger partial charge < -0.3 is 15.2 Å². The maximum absolute atomic E-state index is 11.3. The fraction of sp³-hybridized carbons (Fsp3) is 0.917. The number of likely N-dealkylation sites (N-methyl/N-ethyl adjacent to an activating group) is 1. The molecule has 1 rings (SSSR count). The highest BCUT2D eigenvalue weighted by Gasteiger charge is 2.28. The van der Waals surface area contributed by atoms with Gasteiger partial charge in [-0.2, -0.15) is 0 Å². The van der Waals surface area contributed by atoms with Crippen LogP contribution in [0.1, 0.15) is 19.8 Å². The average molecular weight is 244 g/mol. The number of rotatable bonds is 6. The van der Waals surface area contributed by atoms with Crippen LogP contribution in [0.5, 0.6) is 0 Å².